The molecular weight excluding hydrogens is 282 g/mol. The fraction of sp³-hybridized carbons (Fsp3) is 0.667. The first-order chi connectivity index (χ1) is 9.50. The van der Waals surface area contributed by atoms with Crippen LogP contribution in [0.1, 0.15) is 11.8 Å². The molecule has 0 bridgehead atoms. The van der Waals surface area contributed by atoms with Crippen LogP contribution in [-0.2, 0) is 14.9 Å². The molecule has 20 heavy (non-hydrogen) atoms. The Hall–Kier alpha value is -0.930. The van der Waals surface area contributed by atoms with Gasteiger partial charge in [-0.2, -0.15) is 12.7 Å². The molecular formula is C12H21N3O4S. The largest absolute Gasteiger partial charge is 0.468 e. The second-order valence-electron chi connectivity index (χ2n) is 4.82. The van der Waals surface area contributed by atoms with E-state index >= 15 is 0 Å². The maximum absolute atomic E-state index is 11.8. The van der Waals surface area contributed by atoms with E-state index in [4.69, 9.17) is 9.15 Å². The number of ether oxygens (including phenoxy) is 1. The smallest absolute Gasteiger partial charge is 0.278 e. The van der Waals surface area contributed by atoms with Gasteiger partial charge in [0.25, 0.3) is 10.2 Å². The van der Waals surface area contributed by atoms with Gasteiger partial charge in [-0.3, -0.25) is 4.90 Å². The molecule has 8 heteroatoms. The van der Waals surface area contributed by atoms with Crippen LogP contribution in [0.15, 0.2) is 22.8 Å². The molecule has 1 atom stereocenters. The minimum atomic E-state index is -3.44. The van der Waals surface area contributed by atoms with Gasteiger partial charge in [0, 0.05) is 33.7 Å². The summed E-state index contributed by atoms with van der Waals surface area (Å²) >= 11 is 0. The van der Waals surface area contributed by atoms with Crippen LogP contribution in [0.25, 0.3) is 0 Å². The van der Waals surface area contributed by atoms with Crippen molar-refractivity contribution in [2.75, 3.05) is 46.9 Å². The van der Waals surface area contributed by atoms with Crippen molar-refractivity contribution in [3.8, 4) is 0 Å². The van der Waals surface area contributed by atoms with Crippen LogP contribution in [0.5, 0.6) is 0 Å². The maximum atomic E-state index is 11.8. The average Bonchev–Trinajstić information content (AvgIpc) is 2.94. The Morgan fingerprint density at radius 1 is 1.40 bits per heavy atom. The van der Waals surface area contributed by atoms with Crippen molar-refractivity contribution < 1.29 is 17.6 Å². The minimum absolute atomic E-state index is 0.122. The third kappa shape index (κ3) is 3.80. The monoisotopic (exact) mass is 303 g/mol. The predicted octanol–water partition coefficient (Wildman–Crippen LogP) is 0.0489. The molecule has 1 aliphatic rings. The van der Waals surface area contributed by atoms with Crippen molar-refractivity contribution in [2.24, 2.45) is 0 Å². The van der Waals surface area contributed by atoms with E-state index in [1.165, 1.54) is 14.1 Å². The SMILES string of the molecule is CN(C)S(=O)(=O)NCC(c1ccco1)N1CCOCC1. The summed E-state index contributed by atoms with van der Waals surface area (Å²) in [6.45, 7) is 3.09. The summed E-state index contributed by atoms with van der Waals surface area (Å²) in [4.78, 5) is 2.17. The lowest BCUT2D eigenvalue weighted by Gasteiger charge is -2.33. The highest BCUT2D eigenvalue weighted by molar-refractivity contribution is 7.87. The summed E-state index contributed by atoms with van der Waals surface area (Å²) in [5, 5.41) is 0. The molecule has 2 rings (SSSR count). The van der Waals surface area contributed by atoms with E-state index in [1.54, 1.807) is 6.26 Å². The van der Waals surface area contributed by atoms with Crippen molar-refractivity contribution in [3.63, 3.8) is 0 Å². The zero-order valence-electron chi connectivity index (χ0n) is 11.8. The molecule has 114 valence electrons. The lowest BCUT2D eigenvalue weighted by molar-refractivity contribution is 0.0128. The summed E-state index contributed by atoms with van der Waals surface area (Å²) in [5.74, 6) is 0.758. The maximum Gasteiger partial charge on any atom is 0.278 e. The number of hydrogen-bond acceptors (Lipinski definition) is 5. The van der Waals surface area contributed by atoms with Gasteiger partial charge >= 0.3 is 0 Å². The standard InChI is InChI=1S/C12H21N3O4S/c1-14(2)20(16,17)13-10-11(12-4-3-7-19-12)15-5-8-18-9-6-15/h3-4,7,11,13H,5-6,8-10H2,1-2H3. The number of furan rings is 1. The fourth-order valence-electron chi connectivity index (χ4n) is 2.09. The lowest BCUT2D eigenvalue weighted by atomic mass is 10.2. The highest BCUT2D eigenvalue weighted by Crippen LogP contribution is 2.21. The topological polar surface area (TPSA) is 75.0 Å². The summed E-state index contributed by atoms with van der Waals surface area (Å²) in [6.07, 6.45) is 1.60. The average molecular weight is 303 g/mol. The third-order valence-electron chi connectivity index (χ3n) is 3.30. The molecule has 0 spiro atoms. The number of morpholine rings is 1. The van der Waals surface area contributed by atoms with E-state index in [0.29, 0.717) is 13.2 Å². The van der Waals surface area contributed by atoms with Gasteiger partial charge in [-0.1, -0.05) is 0 Å². The van der Waals surface area contributed by atoms with Crippen molar-refractivity contribution in [1.29, 1.82) is 0 Å². The molecule has 7 nitrogen and oxygen atoms in total. The van der Waals surface area contributed by atoms with E-state index in [0.717, 1.165) is 23.2 Å². The molecule has 0 radical (unpaired) electrons. The lowest BCUT2D eigenvalue weighted by Crippen LogP contribution is -2.45. The highest BCUT2D eigenvalue weighted by Gasteiger charge is 2.26. The molecule has 2 heterocycles. The summed E-state index contributed by atoms with van der Waals surface area (Å²) in [6, 6.07) is 3.55. The van der Waals surface area contributed by atoms with Gasteiger partial charge in [-0.15, -0.1) is 0 Å². The van der Waals surface area contributed by atoms with E-state index < -0.39 is 10.2 Å². The van der Waals surface area contributed by atoms with Crippen LogP contribution in [0.2, 0.25) is 0 Å². The molecule has 0 saturated carbocycles. The highest BCUT2D eigenvalue weighted by atomic mass is 32.2. The van der Waals surface area contributed by atoms with E-state index in [-0.39, 0.29) is 12.6 Å². The molecule has 1 aromatic rings. The summed E-state index contributed by atoms with van der Waals surface area (Å²) in [5.41, 5.74) is 0. The molecule has 1 N–H and O–H groups in total. The van der Waals surface area contributed by atoms with Gasteiger partial charge in [0.05, 0.1) is 25.5 Å². The van der Waals surface area contributed by atoms with Crippen LogP contribution < -0.4 is 4.72 Å². The van der Waals surface area contributed by atoms with E-state index in [2.05, 4.69) is 9.62 Å². The summed E-state index contributed by atoms with van der Waals surface area (Å²) in [7, 11) is -0.441. The zero-order chi connectivity index (χ0) is 14.6. The molecule has 0 amide bonds. The van der Waals surface area contributed by atoms with Crippen LogP contribution in [-0.4, -0.2) is 64.6 Å². The van der Waals surface area contributed by atoms with Crippen molar-refractivity contribution in [3.05, 3.63) is 24.2 Å². The van der Waals surface area contributed by atoms with Gasteiger partial charge in [0.2, 0.25) is 0 Å². The second kappa shape index (κ2) is 6.68. The Kier molecular flexibility index (Phi) is 5.17. The summed E-state index contributed by atoms with van der Waals surface area (Å²) < 4.78 is 38.2. The Labute approximate surface area is 119 Å². The van der Waals surface area contributed by atoms with Crippen LogP contribution >= 0.6 is 0 Å². The molecule has 1 fully saturated rings. The third-order valence-corrected chi connectivity index (χ3v) is 4.79. The van der Waals surface area contributed by atoms with E-state index in [1.807, 2.05) is 12.1 Å². The first-order valence-electron chi connectivity index (χ1n) is 6.53. The Bertz CT molecular complexity index is 495. The normalized spacial score (nSPS) is 19.4. The Morgan fingerprint density at radius 2 is 2.10 bits per heavy atom. The molecule has 1 aliphatic heterocycles. The van der Waals surface area contributed by atoms with Gasteiger partial charge in [0.15, 0.2) is 0 Å². The van der Waals surface area contributed by atoms with Crippen molar-refractivity contribution >= 4 is 10.2 Å². The minimum Gasteiger partial charge on any atom is -0.468 e. The number of nitrogens with one attached hydrogen (secondary N) is 1. The number of rotatable bonds is 6. The first kappa shape index (κ1) is 15.5. The van der Waals surface area contributed by atoms with Gasteiger partial charge < -0.3 is 9.15 Å². The zero-order valence-corrected chi connectivity index (χ0v) is 12.6. The molecule has 0 aromatic carbocycles. The molecule has 0 aliphatic carbocycles. The number of hydrogen-bond donors (Lipinski definition) is 1. The van der Waals surface area contributed by atoms with Gasteiger partial charge in [0.1, 0.15) is 5.76 Å². The van der Waals surface area contributed by atoms with Crippen LogP contribution in [0.4, 0.5) is 0 Å². The van der Waals surface area contributed by atoms with Crippen molar-refractivity contribution in [1.82, 2.24) is 13.9 Å². The van der Waals surface area contributed by atoms with Gasteiger partial charge in [-0.05, 0) is 12.1 Å². The quantitative estimate of drug-likeness (QED) is 0.804. The predicted molar refractivity (Wildman–Crippen MR) is 74.5 cm³/mol. The Morgan fingerprint density at radius 3 is 2.65 bits per heavy atom. The number of nitrogens with zero attached hydrogens (tertiary/aromatic N) is 2. The van der Waals surface area contributed by atoms with Crippen LogP contribution in [0.3, 0.4) is 0 Å². The second-order valence-corrected chi connectivity index (χ2v) is 6.78. The molecule has 1 saturated heterocycles. The first-order valence-corrected chi connectivity index (χ1v) is 7.97. The van der Waals surface area contributed by atoms with E-state index in [9.17, 15) is 8.42 Å². The Balaban J connectivity index is 2.07. The van der Waals surface area contributed by atoms with Gasteiger partial charge in [-0.25, -0.2) is 4.72 Å². The molecule has 1 aromatic heterocycles. The molecule has 1 unspecified atom stereocenters. The van der Waals surface area contributed by atoms with Crippen LogP contribution in [0, 0.1) is 0 Å². The fourth-order valence-corrected chi connectivity index (χ4v) is 2.72. The van der Waals surface area contributed by atoms with Crippen molar-refractivity contribution in [2.45, 2.75) is 6.04 Å².